The Morgan fingerprint density at radius 1 is 1.50 bits per heavy atom. The van der Waals surface area contributed by atoms with Crippen LogP contribution in [0.15, 0.2) is 22.7 Å². The van der Waals surface area contributed by atoms with Gasteiger partial charge in [-0.25, -0.2) is 0 Å². The molecular formula is C10H13BrClNO. The summed E-state index contributed by atoms with van der Waals surface area (Å²) in [6, 6.07) is 5.56. The molecule has 0 aliphatic rings. The topological polar surface area (TPSA) is 32.3 Å². The summed E-state index contributed by atoms with van der Waals surface area (Å²) in [6.07, 6.45) is 0. The highest BCUT2D eigenvalue weighted by Gasteiger charge is 2.12. The van der Waals surface area contributed by atoms with E-state index < -0.39 is 5.60 Å². The molecule has 2 N–H and O–H groups in total. The van der Waals surface area contributed by atoms with Gasteiger partial charge >= 0.3 is 0 Å². The summed E-state index contributed by atoms with van der Waals surface area (Å²) in [7, 11) is 0. The number of rotatable bonds is 3. The van der Waals surface area contributed by atoms with E-state index in [9.17, 15) is 5.11 Å². The minimum Gasteiger partial charge on any atom is -0.389 e. The average molecular weight is 279 g/mol. The van der Waals surface area contributed by atoms with Gasteiger partial charge in [0, 0.05) is 11.0 Å². The number of hydrogen-bond acceptors (Lipinski definition) is 2. The van der Waals surface area contributed by atoms with Gasteiger partial charge in [0.25, 0.3) is 0 Å². The lowest BCUT2D eigenvalue weighted by molar-refractivity contribution is 0.0945. The molecule has 1 aromatic carbocycles. The lowest BCUT2D eigenvalue weighted by atomic mass is 10.1. The van der Waals surface area contributed by atoms with Crippen molar-refractivity contribution in [2.24, 2.45) is 0 Å². The van der Waals surface area contributed by atoms with Crippen LogP contribution in [-0.2, 0) is 0 Å². The SMILES string of the molecule is CC(C)(O)CNc1cc(Br)ccc1Cl. The number of anilines is 1. The van der Waals surface area contributed by atoms with Crippen LogP contribution in [0.25, 0.3) is 0 Å². The highest BCUT2D eigenvalue weighted by atomic mass is 79.9. The first-order valence-electron chi connectivity index (χ1n) is 4.30. The Labute approximate surface area is 97.4 Å². The maximum atomic E-state index is 9.52. The molecule has 0 heterocycles. The summed E-state index contributed by atoms with van der Waals surface area (Å²) in [5.74, 6) is 0. The lowest BCUT2D eigenvalue weighted by Gasteiger charge is -2.19. The minimum atomic E-state index is -0.744. The molecule has 4 heteroatoms. The number of halogens is 2. The minimum absolute atomic E-state index is 0.461. The lowest BCUT2D eigenvalue weighted by Crippen LogP contribution is -2.29. The van der Waals surface area contributed by atoms with Gasteiger partial charge in [0.2, 0.25) is 0 Å². The van der Waals surface area contributed by atoms with E-state index in [1.807, 2.05) is 12.1 Å². The van der Waals surface area contributed by atoms with Crippen LogP contribution in [0.5, 0.6) is 0 Å². The maximum absolute atomic E-state index is 9.52. The highest BCUT2D eigenvalue weighted by molar-refractivity contribution is 9.10. The van der Waals surface area contributed by atoms with E-state index in [2.05, 4.69) is 21.2 Å². The molecule has 0 unspecified atom stereocenters. The number of aliphatic hydroxyl groups is 1. The fourth-order valence-corrected chi connectivity index (χ4v) is 1.49. The molecule has 1 rings (SSSR count). The summed E-state index contributed by atoms with van der Waals surface area (Å²) >= 11 is 9.32. The molecule has 0 radical (unpaired) electrons. The summed E-state index contributed by atoms with van der Waals surface area (Å²) < 4.78 is 0.958. The second kappa shape index (κ2) is 4.51. The van der Waals surface area contributed by atoms with Gasteiger partial charge in [-0.1, -0.05) is 27.5 Å². The summed E-state index contributed by atoms with van der Waals surface area (Å²) in [5, 5.41) is 13.3. The molecular weight excluding hydrogens is 265 g/mol. The second-order valence-electron chi connectivity index (χ2n) is 3.79. The number of hydrogen-bond donors (Lipinski definition) is 2. The third-order valence-electron chi connectivity index (χ3n) is 1.64. The van der Waals surface area contributed by atoms with Crippen molar-refractivity contribution >= 4 is 33.2 Å². The molecule has 0 aliphatic heterocycles. The largest absolute Gasteiger partial charge is 0.389 e. The average Bonchev–Trinajstić information content (AvgIpc) is 2.05. The van der Waals surface area contributed by atoms with Gasteiger partial charge in [-0.15, -0.1) is 0 Å². The van der Waals surface area contributed by atoms with Gasteiger partial charge < -0.3 is 10.4 Å². The Kier molecular flexibility index (Phi) is 3.81. The summed E-state index contributed by atoms with van der Waals surface area (Å²) in [4.78, 5) is 0. The van der Waals surface area contributed by atoms with E-state index in [0.717, 1.165) is 10.2 Å². The first kappa shape index (κ1) is 11.8. The van der Waals surface area contributed by atoms with Crippen LogP contribution in [0, 0.1) is 0 Å². The quantitative estimate of drug-likeness (QED) is 0.889. The molecule has 0 aliphatic carbocycles. The molecule has 0 saturated heterocycles. The first-order valence-corrected chi connectivity index (χ1v) is 5.47. The van der Waals surface area contributed by atoms with Crippen LogP contribution >= 0.6 is 27.5 Å². The van der Waals surface area contributed by atoms with E-state index in [0.29, 0.717) is 11.6 Å². The summed E-state index contributed by atoms with van der Waals surface area (Å²) in [6.45, 7) is 3.95. The maximum Gasteiger partial charge on any atom is 0.0763 e. The van der Waals surface area contributed by atoms with E-state index >= 15 is 0 Å². The molecule has 0 spiro atoms. The zero-order valence-electron chi connectivity index (χ0n) is 8.14. The van der Waals surface area contributed by atoms with Crippen LogP contribution in [0.2, 0.25) is 5.02 Å². The Hall–Kier alpha value is -0.250. The van der Waals surface area contributed by atoms with Gasteiger partial charge in [-0.05, 0) is 32.0 Å². The van der Waals surface area contributed by atoms with E-state index in [-0.39, 0.29) is 0 Å². The highest BCUT2D eigenvalue weighted by Crippen LogP contribution is 2.25. The van der Waals surface area contributed by atoms with Crippen LogP contribution < -0.4 is 5.32 Å². The molecule has 0 atom stereocenters. The molecule has 14 heavy (non-hydrogen) atoms. The van der Waals surface area contributed by atoms with Crippen molar-refractivity contribution in [3.63, 3.8) is 0 Å². The zero-order chi connectivity index (χ0) is 10.8. The number of nitrogens with one attached hydrogen (secondary N) is 1. The standard InChI is InChI=1S/C10H13BrClNO/c1-10(2,14)6-13-9-5-7(11)3-4-8(9)12/h3-5,13-14H,6H2,1-2H3. The van der Waals surface area contributed by atoms with Crippen molar-refractivity contribution in [1.29, 1.82) is 0 Å². The van der Waals surface area contributed by atoms with E-state index in [4.69, 9.17) is 11.6 Å². The van der Waals surface area contributed by atoms with Crippen molar-refractivity contribution in [2.75, 3.05) is 11.9 Å². The predicted molar refractivity (Wildman–Crippen MR) is 63.9 cm³/mol. The van der Waals surface area contributed by atoms with Gasteiger partial charge in [-0.2, -0.15) is 0 Å². The molecule has 1 aromatic rings. The molecule has 0 amide bonds. The Balaban J connectivity index is 2.72. The van der Waals surface area contributed by atoms with Gasteiger partial charge in [0.05, 0.1) is 16.3 Å². The van der Waals surface area contributed by atoms with Gasteiger partial charge in [-0.3, -0.25) is 0 Å². The first-order chi connectivity index (χ1) is 6.38. The molecule has 0 fully saturated rings. The van der Waals surface area contributed by atoms with Crippen LogP contribution in [0.4, 0.5) is 5.69 Å². The summed E-state index contributed by atoms with van der Waals surface area (Å²) in [5.41, 5.74) is 0.0780. The normalized spacial score (nSPS) is 11.5. The Bertz CT molecular complexity index is 322. The smallest absolute Gasteiger partial charge is 0.0763 e. The fourth-order valence-electron chi connectivity index (χ4n) is 0.944. The molecule has 0 aromatic heterocycles. The third kappa shape index (κ3) is 3.86. The van der Waals surface area contributed by atoms with E-state index in [1.165, 1.54) is 0 Å². The third-order valence-corrected chi connectivity index (χ3v) is 2.46. The van der Waals surface area contributed by atoms with Crippen LogP contribution in [0.1, 0.15) is 13.8 Å². The second-order valence-corrected chi connectivity index (χ2v) is 5.11. The molecule has 78 valence electrons. The Morgan fingerprint density at radius 2 is 2.14 bits per heavy atom. The fraction of sp³-hybridized carbons (Fsp3) is 0.400. The van der Waals surface area contributed by atoms with Crippen molar-refractivity contribution in [3.8, 4) is 0 Å². The Morgan fingerprint density at radius 3 is 2.71 bits per heavy atom. The molecule has 2 nitrogen and oxygen atoms in total. The van der Waals surface area contributed by atoms with Gasteiger partial charge in [0.1, 0.15) is 0 Å². The molecule has 0 bridgehead atoms. The van der Waals surface area contributed by atoms with E-state index in [1.54, 1.807) is 19.9 Å². The molecule has 0 saturated carbocycles. The monoisotopic (exact) mass is 277 g/mol. The van der Waals surface area contributed by atoms with Gasteiger partial charge in [0.15, 0.2) is 0 Å². The van der Waals surface area contributed by atoms with Crippen LogP contribution in [-0.4, -0.2) is 17.3 Å². The van der Waals surface area contributed by atoms with Crippen molar-refractivity contribution < 1.29 is 5.11 Å². The predicted octanol–water partition coefficient (Wildman–Crippen LogP) is 3.29. The van der Waals surface area contributed by atoms with Crippen molar-refractivity contribution in [3.05, 3.63) is 27.7 Å². The van der Waals surface area contributed by atoms with Crippen molar-refractivity contribution in [1.82, 2.24) is 0 Å². The number of benzene rings is 1. The van der Waals surface area contributed by atoms with Crippen molar-refractivity contribution in [2.45, 2.75) is 19.4 Å². The zero-order valence-corrected chi connectivity index (χ0v) is 10.5. The van der Waals surface area contributed by atoms with Crippen LogP contribution in [0.3, 0.4) is 0 Å².